The van der Waals surface area contributed by atoms with Crippen molar-refractivity contribution in [1.29, 1.82) is 0 Å². The summed E-state index contributed by atoms with van der Waals surface area (Å²) < 4.78 is 10.8. The summed E-state index contributed by atoms with van der Waals surface area (Å²) in [4.78, 5) is 0. The lowest BCUT2D eigenvalue weighted by atomic mass is 9.91. The van der Waals surface area contributed by atoms with Gasteiger partial charge in [-0.3, -0.25) is 0 Å². The fourth-order valence-electron chi connectivity index (χ4n) is 2.30. The number of benzene rings is 1. The highest BCUT2D eigenvalue weighted by atomic mass is 16.5. The number of rotatable bonds is 5. The van der Waals surface area contributed by atoms with Crippen LogP contribution in [0.5, 0.6) is 5.75 Å². The Morgan fingerprint density at radius 3 is 2.94 bits per heavy atom. The first-order valence-corrected chi connectivity index (χ1v) is 6.33. The Morgan fingerprint density at radius 1 is 1.29 bits per heavy atom. The zero-order chi connectivity index (χ0) is 11.9. The van der Waals surface area contributed by atoms with E-state index < -0.39 is 0 Å². The summed E-state index contributed by atoms with van der Waals surface area (Å²) in [6.45, 7) is 3.46. The average molecular weight is 235 g/mol. The minimum atomic E-state index is 0.586. The molecule has 1 fully saturated rings. The fraction of sp³-hybridized carbons (Fsp3) is 0.571. The SMILES string of the molecule is COCCOc1ccccc1C1CCCNC1. The zero-order valence-electron chi connectivity index (χ0n) is 10.4. The van der Waals surface area contributed by atoms with E-state index in [1.54, 1.807) is 7.11 Å². The molecule has 94 valence electrons. The lowest BCUT2D eigenvalue weighted by Gasteiger charge is -2.25. The molecule has 0 spiro atoms. The molecule has 1 aliphatic heterocycles. The standard InChI is InChI=1S/C14H21NO2/c1-16-9-10-17-14-7-3-2-6-13(14)12-5-4-8-15-11-12/h2-3,6-7,12,15H,4-5,8-11H2,1H3. The first-order valence-electron chi connectivity index (χ1n) is 6.33. The molecule has 0 aliphatic carbocycles. The van der Waals surface area contributed by atoms with E-state index >= 15 is 0 Å². The number of methoxy groups -OCH3 is 1. The van der Waals surface area contributed by atoms with Gasteiger partial charge in [0.2, 0.25) is 0 Å². The van der Waals surface area contributed by atoms with Crippen molar-refractivity contribution in [3.8, 4) is 5.75 Å². The third-order valence-corrected chi connectivity index (χ3v) is 3.20. The quantitative estimate of drug-likeness (QED) is 0.793. The molecule has 0 aromatic heterocycles. The van der Waals surface area contributed by atoms with Crippen LogP contribution >= 0.6 is 0 Å². The molecule has 1 N–H and O–H groups in total. The van der Waals surface area contributed by atoms with E-state index in [1.165, 1.54) is 18.4 Å². The minimum absolute atomic E-state index is 0.586. The Kier molecular flexibility index (Phi) is 4.83. The Hall–Kier alpha value is -1.06. The van der Waals surface area contributed by atoms with Crippen molar-refractivity contribution in [2.24, 2.45) is 0 Å². The summed E-state index contributed by atoms with van der Waals surface area (Å²) in [6, 6.07) is 8.36. The lowest BCUT2D eigenvalue weighted by molar-refractivity contribution is 0.145. The van der Waals surface area contributed by atoms with Gasteiger partial charge in [-0.1, -0.05) is 18.2 Å². The number of ether oxygens (including phenoxy) is 2. The summed E-state index contributed by atoms with van der Waals surface area (Å²) in [6.07, 6.45) is 2.49. The maximum absolute atomic E-state index is 5.78. The van der Waals surface area contributed by atoms with Crippen molar-refractivity contribution < 1.29 is 9.47 Å². The van der Waals surface area contributed by atoms with Gasteiger partial charge in [0.1, 0.15) is 12.4 Å². The molecule has 2 rings (SSSR count). The Balaban J connectivity index is 2.03. The molecule has 1 aromatic carbocycles. The number of nitrogens with one attached hydrogen (secondary N) is 1. The third-order valence-electron chi connectivity index (χ3n) is 3.20. The molecular weight excluding hydrogens is 214 g/mol. The van der Waals surface area contributed by atoms with Crippen LogP contribution < -0.4 is 10.1 Å². The van der Waals surface area contributed by atoms with E-state index in [9.17, 15) is 0 Å². The first kappa shape index (κ1) is 12.4. The van der Waals surface area contributed by atoms with Crippen molar-refractivity contribution in [3.63, 3.8) is 0 Å². The Morgan fingerprint density at radius 2 is 2.18 bits per heavy atom. The maximum atomic E-state index is 5.78. The van der Waals surface area contributed by atoms with Gasteiger partial charge in [0, 0.05) is 19.6 Å². The van der Waals surface area contributed by atoms with Gasteiger partial charge < -0.3 is 14.8 Å². The fourth-order valence-corrected chi connectivity index (χ4v) is 2.30. The van der Waals surface area contributed by atoms with Crippen molar-refractivity contribution >= 4 is 0 Å². The van der Waals surface area contributed by atoms with Gasteiger partial charge in [0.15, 0.2) is 0 Å². The normalized spacial score (nSPS) is 20.2. The largest absolute Gasteiger partial charge is 0.491 e. The molecule has 3 heteroatoms. The second kappa shape index (κ2) is 6.62. The van der Waals surface area contributed by atoms with Gasteiger partial charge in [-0.25, -0.2) is 0 Å². The number of piperidine rings is 1. The topological polar surface area (TPSA) is 30.5 Å². The van der Waals surface area contributed by atoms with E-state index in [4.69, 9.17) is 9.47 Å². The van der Waals surface area contributed by atoms with Crippen LogP contribution in [-0.4, -0.2) is 33.4 Å². The Labute approximate surface area is 103 Å². The first-order chi connectivity index (χ1) is 8.42. The van der Waals surface area contributed by atoms with Crippen LogP contribution in [0.3, 0.4) is 0 Å². The summed E-state index contributed by atoms with van der Waals surface area (Å²) in [7, 11) is 1.69. The van der Waals surface area contributed by atoms with E-state index in [-0.39, 0.29) is 0 Å². The monoisotopic (exact) mass is 235 g/mol. The van der Waals surface area contributed by atoms with Crippen LogP contribution in [0.4, 0.5) is 0 Å². The minimum Gasteiger partial charge on any atom is -0.491 e. The molecule has 1 aromatic rings. The van der Waals surface area contributed by atoms with Crippen molar-refractivity contribution in [2.45, 2.75) is 18.8 Å². The second-order valence-electron chi connectivity index (χ2n) is 4.42. The average Bonchev–Trinajstić information content (AvgIpc) is 2.41. The van der Waals surface area contributed by atoms with Gasteiger partial charge in [-0.05, 0) is 31.0 Å². The van der Waals surface area contributed by atoms with Crippen LogP contribution in [0.25, 0.3) is 0 Å². The van der Waals surface area contributed by atoms with Crippen LogP contribution in [0.2, 0.25) is 0 Å². The van der Waals surface area contributed by atoms with Gasteiger partial charge >= 0.3 is 0 Å². The smallest absolute Gasteiger partial charge is 0.122 e. The van der Waals surface area contributed by atoms with Crippen molar-refractivity contribution in [3.05, 3.63) is 29.8 Å². The summed E-state index contributed by atoms with van der Waals surface area (Å²) in [5, 5.41) is 3.45. The van der Waals surface area contributed by atoms with E-state index in [1.807, 2.05) is 6.07 Å². The van der Waals surface area contributed by atoms with Crippen molar-refractivity contribution in [2.75, 3.05) is 33.4 Å². The highest BCUT2D eigenvalue weighted by Gasteiger charge is 2.18. The number of hydrogen-bond acceptors (Lipinski definition) is 3. The molecular formula is C14H21NO2. The summed E-state index contributed by atoms with van der Waals surface area (Å²) >= 11 is 0. The molecule has 1 aliphatic rings. The number of para-hydroxylation sites is 1. The number of hydrogen-bond donors (Lipinski definition) is 1. The molecule has 1 unspecified atom stereocenters. The van der Waals surface area contributed by atoms with Gasteiger partial charge in [-0.15, -0.1) is 0 Å². The van der Waals surface area contributed by atoms with Crippen molar-refractivity contribution in [1.82, 2.24) is 5.32 Å². The second-order valence-corrected chi connectivity index (χ2v) is 4.42. The molecule has 1 atom stereocenters. The van der Waals surface area contributed by atoms with E-state index in [0.29, 0.717) is 19.1 Å². The van der Waals surface area contributed by atoms with Gasteiger partial charge in [0.25, 0.3) is 0 Å². The van der Waals surface area contributed by atoms with Gasteiger partial charge in [-0.2, -0.15) is 0 Å². The van der Waals surface area contributed by atoms with E-state index in [0.717, 1.165) is 18.8 Å². The third kappa shape index (κ3) is 3.45. The molecule has 0 saturated carbocycles. The lowest BCUT2D eigenvalue weighted by Crippen LogP contribution is -2.28. The van der Waals surface area contributed by atoms with Crippen LogP contribution in [0, 0.1) is 0 Å². The maximum Gasteiger partial charge on any atom is 0.122 e. The molecule has 1 heterocycles. The Bertz CT molecular complexity index is 335. The van der Waals surface area contributed by atoms with Crippen LogP contribution in [0.1, 0.15) is 24.3 Å². The molecule has 17 heavy (non-hydrogen) atoms. The van der Waals surface area contributed by atoms with Crippen LogP contribution in [-0.2, 0) is 4.74 Å². The highest BCUT2D eigenvalue weighted by molar-refractivity contribution is 5.36. The summed E-state index contributed by atoms with van der Waals surface area (Å²) in [5.74, 6) is 1.60. The van der Waals surface area contributed by atoms with Crippen LogP contribution in [0.15, 0.2) is 24.3 Å². The molecule has 0 radical (unpaired) electrons. The predicted octanol–water partition coefficient (Wildman–Crippen LogP) is 2.18. The molecule has 1 saturated heterocycles. The molecule has 3 nitrogen and oxygen atoms in total. The predicted molar refractivity (Wildman–Crippen MR) is 68.7 cm³/mol. The molecule has 0 bridgehead atoms. The van der Waals surface area contributed by atoms with E-state index in [2.05, 4.69) is 23.5 Å². The zero-order valence-corrected chi connectivity index (χ0v) is 10.4. The summed E-state index contributed by atoms with van der Waals surface area (Å²) in [5.41, 5.74) is 1.33. The molecule has 0 amide bonds. The van der Waals surface area contributed by atoms with Gasteiger partial charge in [0.05, 0.1) is 6.61 Å². The highest BCUT2D eigenvalue weighted by Crippen LogP contribution is 2.30.